The first-order valence-corrected chi connectivity index (χ1v) is 9.31. The molecule has 134 valence electrons. The second kappa shape index (κ2) is 7.66. The Kier molecular flexibility index (Phi) is 5.56. The molecule has 6 nitrogen and oxygen atoms in total. The molecular formula is C18H31N5O. The van der Waals surface area contributed by atoms with Crippen molar-refractivity contribution in [3.05, 3.63) is 17.5 Å². The van der Waals surface area contributed by atoms with Crippen LogP contribution in [0.1, 0.15) is 44.0 Å². The summed E-state index contributed by atoms with van der Waals surface area (Å²) in [6, 6.07) is 0.390. The molecule has 2 fully saturated rings. The number of rotatable bonds is 4. The molecule has 3 rings (SSSR count). The van der Waals surface area contributed by atoms with Gasteiger partial charge in [-0.3, -0.25) is 14.4 Å². The fourth-order valence-corrected chi connectivity index (χ4v) is 3.72. The first-order chi connectivity index (χ1) is 11.5. The van der Waals surface area contributed by atoms with Gasteiger partial charge in [0.15, 0.2) is 0 Å². The van der Waals surface area contributed by atoms with Crippen LogP contribution in [0.15, 0.2) is 6.20 Å². The van der Waals surface area contributed by atoms with Gasteiger partial charge in [0.1, 0.15) is 0 Å². The van der Waals surface area contributed by atoms with Gasteiger partial charge < -0.3 is 10.2 Å². The lowest BCUT2D eigenvalue weighted by atomic mass is 9.96. The summed E-state index contributed by atoms with van der Waals surface area (Å²) in [6.07, 6.45) is 4.31. The van der Waals surface area contributed by atoms with Crippen molar-refractivity contribution < 1.29 is 4.79 Å². The monoisotopic (exact) mass is 333 g/mol. The third-order valence-electron chi connectivity index (χ3n) is 5.22. The molecule has 1 aromatic rings. The van der Waals surface area contributed by atoms with Gasteiger partial charge in [-0.2, -0.15) is 5.10 Å². The molecule has 1 unspecified atom stereocenters. The molecular weight excluding hydrogens is 302 g/mol. The van der Waals surface area contributed by atoms with Gasteiger partial charge in [-0.15, -0.1) is 0 Å². The van der Waals surface area contributed by atoms with Gasteiger partial charge in [0, 0.05) is 57.1 Å². The number of piperazine rings is 1. The Balaban J connectivity index is 1.60. The molecule has 2 saturated heterocycles. The van der Waals surface area contributed by atoms with E-state index < -0.39 is 0 Å². The van der Waals surface area contributed by atoms with Crippen LogP contribution in [-0.4, -0.2) is 64.8 Å². The first-order valence-electron chi connectivity index (χ1n) is 9.31. The van der Waals surface area contributed by atoms with E-state index in [0.29, 0.717) is 11.9 Å². The number of aryl methyl sites for hydroxylation is 1. The van der Waals surface area contributed by atoms with Crippen molar-refractivity contribution in [3.63, 3.8) is 0 Å². The topological polar surface area (TPSA) is 53.4 Å². The third kappa shape index (κ3) is 3.98. The molecule has 24 heavy (non-hydrogen) atoms. The summed E-state index contributed by atoms with van der Waals surface area (Å²) in [6.45, 7) is 12.8. The number of piperidine rings is 1. The van der Waals surface area contributed by atoms with Crippen LogP contribution in [0.5, 0.6) is 0 Å². The molecule has 0 aromatic carbocycles. The predicted octanol–water partition coefficient (Wildman–Crippen LogP) is 1.42. The fraction of sp³-hybridized carbons (Fsp3) is 0.778. The molecule has 0 spiro atoms. The molecule has 3 heterocycles. The largest absolute Gasteiger partial charge is 0.340 e. The van der Waals surface area contributed by atoms with E-state index >= 15 is 0 Å². The van der Waals surface area contributed by atoms with Crippen molar-refractivity contribution in [1.29, 1.82) is 0 Å². The highest BCUT2D eigenvalue weighted by atomic mass is 16.2. The van der Waals surface area contributed by atoms with Crippen molar-refractivity contribution >= 4 is 5.91 Å². The van der Waals surface area contributed by atoms with Gasteiger partial charge in [-0.25, -0.2) is 0 Å². The van der Waals surface area contributed by atoms with E-state index in [-0.39, 0.29) is 5.92 Å². The zero-order valence-corrected chi connectivity index (χ0v) is 15.3. The number of nitrogens with zero attached hydrogens (tertiary/aromatic N) is 4. The average molecular weight is 333 g/mol. The van der Waals surface area contributed by atoms with E-state index in [1.165, 1.54) is 5.56 Å². The second-order valence-electron chi connectivity index (χ2n) is 7.46. The van der Waals surface area contributed by atoms with Crippen LogP contribution in [0.4, 0.5) is 0 Å². The highest BCUT2D eigenvalue weighted by Crippen LogP contribution is 2.22. The molecule has 0 aliphatic carbocycles. The molecule has 2 aliphatic heterocycles. The maximum absolute atomic E-state index is 12.8. The Bertz CT molecular complexity index is 562. The number of nitrogens with one attached hydrogen (secondary N) is 1. The summed E-state index contributed by atoms with van der Waals surface area (Å²) in [7, 11) is 0. The third-order valence-corrected chi connectivity index (χ3v) is 5.22. The highest BCUT2D eigenvalue weighted by Gasteiger charge is 2.30. The SMILES string of the molecule is Cc1nn(C(C)C)cc1CN1CCCC(C(=O)N2CCNCC2)C1. The van der Waals surface area contributed by atoms with E-state index in [2.05, 4.69) is 42.3 Å². The minimum absolute atomic E-state index is 0.164. The van der Waals surface area contributed by atoms with Crippen molar-refractivity contribution in [3.8, 4) is 0 Å². The Morgan fingerprint density at radius 1 is 1.33 bits per heavy atom. The Morgan fingerprint density at radius 3 is 2.75 bits per heavy atom. The lowest BCUT2D eigenvalue weighted by Crippen LogP contribution is -2.51. The van der Waals surface area contributed by atoms with Crippen molar-refractivity contribution in [2.45, 2.75) is 46.2 Å². The van der Waals surface area contributed by atoms with Gasteiger partial charge in [-0.05, 0) is 40.2 Å². The Morgan fingerprint density at radius 2 is 2.08 bits per heavy atom. The number of carbonyl (C=O) groups excluding carboxylic acids is 1. The molecule has 0 saturated carbocycles. The van der Waals surface area contributed by atoms with Crippen molar-refractivity contribution in [2.75, 3.05) is 39.3 Å². The number of hydrogen-bond donors (Lipinski definition) is 1. The van der Waals surface area contributed by atoms with Crippen LogP contribution in [0.3, 0.4) is 0 Å². The predicted molar refractivity (Wildman–Crippen MR) is 94.8 cm³/mol. The summed E-state index contributed by atoms with van der Waals surface area (Å²) in [5.74, 6) is 0.521. The molecule has 2 aliphatic rings. The lowest BCUT2D eigenvalue weighted by molar-refractivity contribution is -0.138. The zero-order valence-electron chi connectivity index (χ0n) is 15.3. The minimum atomic E-state index is 0.164. The number of amides is 1. The molecule has 1 amide bonds. The standard InChI is InChI=1S/C18H31N5O/c1-14(2)23-13-17(15(3)20-23)12-21-8-4-5-16(11-21)18(24)22-9-6-19-7-10-22/h13-14,16,19H,4-12H2,1-3H3. The van der Waals surface area contributed by atoms with Gasteiger partial charge in [0.25, 0.3) is 0 Å². The summed E-state index contributed by atoms with van der Waals surface area (Å²) in [4.78, 5) is 17.2. The van der Waals surface area contributed by atoms with E-state index in [1.54, 1.807) is 0 Å². The first kappa shape index (κ1) is 17.4. The minimum Gasteiger partial charge on any atom is -0.340 e. The number of hydrogen-bond acceptors (Lipinski definition) is 4. The van der Waals surface area contributed by atoms with Crippen LogP contribution in [-0.2, 0) is 11.3 Å². The van der Waals surface area contributed by atoms with Gasteiger partial charge in [0.2, 0.25) is 5.91 Å². The van der Waals surface area contributed by atoms with Crippen molar-refractivity contribution in [1.82, 2.24) is 24.9 Å². The molecule has 6 heteroatoms. The molecule has 0 radical (unpaired) electrons. The van der Waals surface area contributed by atoms with Crippen molar-refractivity contribution in [2.24, 2.45) is 5.92 Å². The van der Waals surface area contributed by atoms with Crippen LogP contribution >= 0.6 is 0 Å². The maximum Gasteiger partial charge on any atom is 0.227 e. The Labute approximate surface area is 145 Å². The molecule has 1 atom stereocenters. The van der Waals surface area contributed by atoms with E-state index in [0.717, 1.165) is 64.3 Å². The van der Waals surface area contributed by atoms with Crippen LogP contribution < -0.4 is 5.32 Å². The number of aromatic nitrogens is 2. The highest BCUT2D eigenvalue weighted by molar-refractivity contribution is 5.79. The fourth-order valence-electron chi connectivity index (χ4n) is 3.72. The second-order valence-corrected chi connectivity index (χ2v) is 7.46. The summed E-state index contributed by atoms with van der Waals surface area (Å²) >= 11 is 0. The van der Waals surface area contributed by atoms with Gasteiger partial charge in [-0.1, -0.05) is 0 Å². The van der Waals surface area contributed by atoms with Gasteiger partial charge >= 0.3 is 0 Å². The number of likely N-dealkylation sites (tertiary alicyclic amines) is 1. The Hall–Kier alpha value is -1.40. The number of carbonyl (C=O) groups is 1. The van der Waals surface area contributed by atoms with Gasteiger partial charge in [0.05, 0.1) is 11.6 Å². The molecule has 0 bridgehead atoms. The molecule has 1 N–H and O–H groups in total. The summed E-state index contributed by atoms with van der Waals surface area (Å²) in [5, 5.41) is 7.93. The maximum atomic E-state index is 12.8. The lowest BCUT2D eigenvalue weighted by Gasteiger charge is -2.36. The normalized spacial score (nSPS) is 23.0. The van der Waals surface area contributed by atoms with Crippen LogP contribution in [0, 0.1) is 12.8 Å². The molecule has 1 aromatic heterocycles. The van der Waals surface area contributed by atoms with E-state index in [9.17, 15) is 4.79 Å². The average Bonchev–Trinajstić information content (AvgIpc) is 2.96. The van der Waals surface area contributed by atoms with E-state index in [1.807, 2.05) is 9.58 Å². The van der Waals surface area contributed by atoms with Crippen LogP contribution in [0.2, 0.25) is 0 Å². The summed E-state index contributed by atoms with van der Waals surface area (Å²) < 4.78 is 2.04. The zero-order chi connectivity index (χ0) is 17.1. The quantitative estimate of drug-likeness (QED) is 0.905. The smallest absolute Gasteiger partial charge is 0.227 e. The van der Waals surface area contributed by atoms with E-state index in [4.69, 9.17) is 0 Å². The van der Waals surface area contributed by atoms with Crippen LogP contribution in [0.25, 0.3) is 0 Å². The summed E-state index contributed by atoms with van der Waals surface area (Å²) in [5.41, 5.74) is 2.40.